The van der Waals surface area contributed by atoms with Crippen LogP contribution in [-0.4, -0.2) is 27.5 Å². The van der Waals surface area contributed by atoms with Crippen molar-refractivity contribution in [1.29, 1.82) is 5.26 Å². The van der Waals surface area contributed by atoms with Gasteiger partial charge in [0.15, 0.2) is 0 Å². The van der Waals surface area contributed by atoms with Gasteiger partial charge in [-0.3, -0.25) is 4.79 Å². The number of sulfonamides is 1. The average Bonchev–Trinajstić information content (AvgIpc) is 2.71. The summed E-state index contributed by atoms with van der Waals surface area (Å²) < 4.78 is 28.2. The van der Waals surface area contributed by atoms with Crippen molar-refractivity contribution >= 4 is 27.5 Å². The molecule has 2 aromatic carbocycles. The molecule has 0 bridgehead atoms. The molecule has 1 amide bonds. The van der Waals surface area contributed by atoms with Crippen LogP contribution in [0.2, 0.25) is 5.02 Å². The van der Waals surface area contributed by atoms with Gasteiger partial charge >= 0.3 is 0 Å². The smallest absolute Gasteiger partial charge is 0.238 e. The van der Waals surface area contributed by atoms with E-state index in [9.17, 15) is 18.5 Å². The number of primary sulfonamides is 1. The van der Waals surface area contributed by atoms with Crippen molar-refractivity contribution < 1.29 is 17.9 Å². The lowest BCUT2D eigenvalue weighted by molar-refractivity contribution is -0.123. The molecule has 0 aromatic heterocycles. The summed E-state index contributed by atoms with van der Waals surface area (Å²) in [5, 5.41) is 17.8. The first-order valence-corrected chi connectivity index (χ1v) is 11.7. The van der Waals surface area contributed by atoms with Crippen LogP contribution in [0.1, 0.15) is 29.5 Å². The van der Waals surface area contributed by atoms with Crippen molar-refractivity contribution in [3.63, 3.8) is 0 Å². The highest BCUT2D eigenvalue weighted by Gasteiger charge is 2.17. The van der Waals surface area contributed by atoms with E-state index in [1.807, 2.05) is 32.0 Å². The maximum Gasteiger partial charge on any atom is 0.238 e. The lowest BCUT2D eigenvalue weighted by atomic mass is 10.0. The fourth-order valence-corrected chi connectivity index (χ4v) is 3.64. The second-order valence-corrected chi connectivity index (χ2v) is 9.21. The second kappa shape index (κ2) is 11.1. The molecule has 3 N–H and O–H groups in total. The first kappa shape index (κ1) is 24.7. The largest absolute Gasteiger partial charge is 0.494 e. The van der Waals surface area contributed by atoms with E-state index in [2.05, 4.69) is 5.32 Å². The molecule has 7 nitrogen and oxygen atoms in total. The van der Waals surface area contributed by atoms with Crippen molar-refractivity contribution in [1.82, 2.24) is 5.32 Å². The monoisotopic (exact) mass is 463 g/mol. The number of ether oxygens (including phenoxy) is 1. The minimum Gasteiger partial charge on any atom is -0.494 e. The zero-order valence-corrected chi connectivity index (χ0v) is 19.1. The van der Waals surface area contributed by atoms with Crippen LogP contribution in [0.3, 0.4) is 0 Å². The third-order valence-electron chi connectivity index (χ3n) is 4.75. The Kier molecular flexibility index (Phi) is 8.87. The number of amides is 1. The SMILES string of the molecule is Cc1cc(OCCCC(C#N)C(=O)NCCc2ccc(S(N)(=O)=O)cc2)cc(C)c1Cl. The zero-order chi connectivity index (χ0) is 23.0. The number of hydrogen-bond donors (Lipinski definition) is 2. The highest BCUT2D eigenvalue weighted by molar-refractivity contribution is 7.89. The van der Waals surface area contributed by atoms with Crippen LogP contribution in [0, 0.1) is 31.1 Å². The normalized spacial score (nSPS) is 12.1. The summed E-state index contributed by atoms with van der Waals surface area (Å²) in [5.74, 6) is -0.380. The van der Waals surface area contributed by atoms with Crippen molar-refractivity contribution in [3.05, 3.63) is 58.1 Å². The summed E-state index contributed by atoms with van der Waals surface area (Å²) in [4.78, 5) is 12.3. The lowest BCUT2D eigenvalue weighted by Crippen LogP contribution is -2.31. The van der Waals surface area contributed by atoms with Crippen LogP contribution < -0.4 is 15.2 Å². The molecule has 0 radical (unpaired) electrons. The molecular formula is C22H26ClN3O4S. The standard InChI is InChI=1S/C22H26ClN3O4S/c1-15-12-19(13-16(2)21(15)23)30-11-3-4-18(14-24)22(27)26-10-9-17-5-7-20(8-6-17)31(25,28)29/h5-8,12-13,18H,3-4,9-11H2,1-2H3,(H,26,27)(H2,25,28,29). The number of nitrogens with two attached hydrogens (primary N) is 1. The number of nitriles is 1. The number of nitrogens with one attached hydrogen (secondary N) is 1. The Bertz CT molecular complexity index is 1040. The Morgan fingerprint density at radius 2 is 1.84 bits per heavy atom. The number of halogens is 1. The van der Waals surface area contributed by atoms with Crippen molar-refractivity contribution in [3.8, 4) is 11.8 Å². The molecule has 0 saturated heterocycles. The molecule has 31 heavy (non-hydrogen) atoms. The molecule has 0 heterocycles. The molecule has 1 unspecified atom stereocenters. The van der Waals surface area contributed by atoms with Gasteiger partial charge < -0.3 is 10.1 Å². The van der Waals surface area contributed by atoms with Crippen LogP contribution in [0.5, 0.6) is 5.75 Å². The molecule has 0 aliphatic rings. The molecule has 2 aromatic rings. The predicted octanol–water partition coefficient (Wildman–Crippen LogP) is 3.26. The van der Waals surface area contributed by atoms with Gasteiger partial charge in [0.1, 0.15) is 11.7 Å². The number of aryl methyl sites for hydroxylation is 2. The summed E-state index contributed by atoms with van der Waals surface area (Å²) in [6.45, 7) is 4.55. The highest BCUT2D eigenvalue weighted by Crippen LogP contribution is 2.26. The molecule has 0 aliphatic heterocycles. The average molecular weight is 464 g/mol. The maximum atomic E-state index is 12.3. The van der Waals surface area contributed by atoms with Gasteiger partial charge in [-0.15, -0.1) is 0 Å². The number of carbonyl (C=O) groups excluding carboxylic acids is 1. The van der Waals surface area contributed by atoms with E-state index in [4.69, 9.17) is 21.5 Å². The number of carbonyl (C=O) groups is 1. The predicted molar refractivity (Wildman–Crippen MR) is 119 cm³/mol. The minimum absolute atomic E-state index is 0.0379. The van der Waals surface area contributed by atoms with E-state index < -0.39 is 15.9 Å². The van der Waals surface area contributed by atoms with E-state index >= 15 is 0 Å². The van der Waals surface area contributed by atoms with E-state index in [0.29, 0.717) is 43.2 Å². The van der Waals surface area contributed by atoms with E-state index in [1.54, 1.807) is 12.1 Å². The molecule has 0 spiro atoms. The molecule has 9 heteroatoms. The van der Waals surface area contributed by atoms with Crippen LogP contribution in [0.4, 0.5) is 0 Å². The first-order valence-electron chi connectivity index (χ1n) is 9.80. The number of rotatable bonds is 10. The van der Waals surface area contributed by atoms with Gasteiger partial charge in [0.25, 0.3) is 0 Å². The first-order chi connectivity index (χ1) is 14.6. The molecule has 166 valence electrons. The lowest BCUT2D eigenvalue weighted by Gasteiger charge is -2.12. The Morgan fingerprint density at radius 3 is 2.39 bits per heavy atom. The second-order valence-electron chi connectivity index (χ2n) is 7.27. The Morgan fingerprint density at radius 1 is 1.23 bits per heavy atom. The van der Waals surface area contributed by atoms with Crippen LogP contribution in [-0.2, 0) is 21.2 Å². The van der Waals surface area contributed by atoms with Crippen molar-refractivity contribution in [2.75, 3.05) is 13.2 Å². The van der Waals surface area contributed by atoms with Gasteiger partial charge in [-0.05, 0) is 74.1 Å². The Hall–Kier alpha value is -2.60. The third kappa shape index (κ3) is 7.55. The fraction of sp³-hybridized carbons (Fsp3) is 0.364. The maximum absolute atomic E-state index is 12.3. The van der Waals surface area contributed by atoms with Crippen molar-refractivity contribution in [2.24, 2.45) is 11.1 Å². The van der Waals surface area contributed by atoms with Crippen LogP contribution >= 0.6 is 11.6 Å². The van der Waals surface area contributed by atoms with Gasteiger partial charge in [0.2, 0.25) is 15.9 Å². The van der Waals surface area contributed by atoms with Gasteiger partial charge in [-0.2, -0.15) is 5.26 Å². The van der Waals surface area contributed by atoms with Gasteiger partial charge in [-0.1, -0.05) is 23.7 Å². The Labute approximate surface area is 188 Å². The summed E-state index contributed by atoms with van der Waals surface area (Å²) in [5.41, 5.74) is 2.72. The molecular weight excluding hydrogens is 438 g/mol. The summed E-state index contributed by atoms with van der Waals surface area (Å²) in [6, 6.07) is 11.9. The number of nitrogens with zero attached hydrogens (tertiary/aromatic N) is 1. The zero-order valence-electron chi connectivity index (χ0n) is 17.5. The summed E-state index contributed by atoms with van der Waals surface area (Å²) in [7, 11) is -3.73. The summed E-state index contributed by atoms with van der Waals surface area (Å²) >= 11 is 6.15. The van der Waals surface area contributed by atoms with E-state index in [0.717, 1.165) is 16.7 Å². The molecule has 0 aliphatic carbocycles. The molecule has 0 fully saturated rings. The fourth-order valence-electron chi connectivity index (χ4n) is 3.02. The topological polar surface area (TPSA) is 122 Å². The molecule has 0 saturated carbocycles. The highest BCUT2D eigenvalue weighted by atomic mass is 35.5. The van der Waals surface area contributed by atoms with Crippen molar-refractivity contribution in [2.45, 2.75) is 38.0 Å². The third-order valence-corrected chi connectivity index (χ3v) is 6.28. The summed E-state index contributed by atoms with van der Waals surface area (Å²) in [6.07, 6.45) is 1.45. The molecule has 1 atom stereocenters. The van der Waals surface area contributed by atoms with E-state index in [-0.39, 0.29) is 10.8 Å². The number of benzene rings is 2. The minimum atomic E-state index is -3.73. The van der Waals surface area contributed by atoms with Crippen LogP contribution in [0.15, 0.2) is 41.3 Å². The Balaban J connectivity index is 1.75. The van der Waals surface area contributed by atoms with Gasteiger partial charge in [0.05, 0.1) is 17.6 Å². The molecule has 2 rings (SSSR count). The van der Waals surface area contributed by atoms with Gasteiger partial charge in [0, 0.05) is 11.6 Å². The quantitative estimate of drug-likeness (QED) is 0.523. The van der Waals surface area contributed by atoms with E-state index in [1.165, 1.54) is 12.1 Å². The van der Waals surface area contributed by atoms with Gasteiger partial charge in [-0.25, -0.2) is 13.6 Å². The van der Waals surface area contributed by atoms with Crippen LogP contribution in [0.25, 0.3) is 0 Å². The number of hydrogen-bond acceptors (Lipinski definition) is 5.